The Hall–Kier alpha value is -1.90. The van der Waals surface area contributed by atoms with Gasteiger partial charge < -0.3 is 14.7 Å². The Kier molecular flexibility index (Phi) is 6.18. The maximum Gasteiger partial charge on any atom is 0.158 e. The third kappa shape index (κ3) is 4.87. The van der Waals surface area contributed by atoms with Crippen molar-refractivity contribution in [3.8, 4) is 5.75 Å². The largest absolute Gasteiger partial charge is 0.487 e. The van der Waals surface area contributed by atoms with Crippen LogP contribution >= 0.6 is 15.9 Å². The van der Waals surface area contributed by atoms with Crippen LogP contribution in [0.15, 0.2) is 45.9 Å². The maximum absolute atomic E-state index is 11.7. The first-order chi connectivity index (χ1) is 14.3. The summed E-state index contributed by atoms with van der Waals surface area (Å²) in [6.45, 7) is 0.422. The third-order valence-corrected chi connectivity index (χ3v) is 6.90. The molecule has 0 unspecified atom stereocenters. The van der Waals surface area contributed by atoms with Gasteiger partial charge in [0, 0.05) is 23.7 Å². The highest BCUT2D eigenvalue weighted by Crippen LogP contribution is 2.44. The lowest BCUT2D eigenvalue weighted by Gasteiger charge is -2.33. The number of aliphatic imine (C=N–C) groups is 1. The minimum Gasteiger partial charge on any atom is -0.487 e. The topological polar surface area (TPSA) is 79.2 Å². The second-order valence-corrected chi connectivity index (χ2v) is 11.0. The van der Waals surface area contributed by atoms with E-state index in [9.17, 15) is 13.5 Å². The van der Waals surface area contributed by atoms with Crippen LogP contribution in [0.3, 0.4) is 0 Å². The molecule has 2 aromatic rings. The average molecular weight is 493 g/mol. The van der Waals surface area contributed by atoms with E-state index in [1.807, 2.05) is 42.6 Å². The van der Waals surface area contributed by atoms with Crippen molar-refractivity contribution < 1.29 is 18.3 Å². The molecule has 0 amide bonds. The minimum atomic E-state index is -3.12. The van der Waals surface area contributed by atoms with Gasteiger partial charge in [-0.05, 0) is 71.4 Å². The lowest BCUT2D eigenvalue weighted by Crippen LogP contribution is -2.28. The molecule has 1 fully saturated rings. The molecule has 0 saturated heterocycles. The lowest BCUT2D eigenvalue weighted by molar-refractivity contribution is 0.0664. The number of aliphatic hydroxyl groups excluding tert-OH is 1. The highest BCUT2D eigenvalue weighted by Gasteiger charge is 2.27. The Morgan fingerprint density at radius 3 is 2.70 bits per heavy atom. The van der Waals surface area contributed by atoms with Crippen molar-refractivity contribution in [2.24, 2.45) is 4.99 Å². The quantitative estimate of drug-likeness (QED) is 0.676. The van der Waals surface area contributed by atoms with Crippen molar-refractivity contribution in [1.82, 2.24) is 0 Å². The van der Waals surface area contributed by atoms with E-state index in [0.717, 1.165) is 58.4 Å². The molecule has 6 nitrogen and oxygen atoms in total. The Balaban J connectivity index is 1.70. The second-order valence-electron chi connectivity index (χ2n) is 7.98. The van der Waals surface area contributed by atoms with Crippen molar-refractivity contribution in [1.29, 1.82) is 0 Å². The van der Waals surface area contributed by atoms with Crippen LogP contribution in [0.2, 0.25) is 0 Å². The predicted octanol–water partition coefficient (Wildman–Crippen LogP) is 4.20. The summed E-state index contributed by atoms with van der Waals surface area (Å²) in [7, 11) is -3.12. The standard InChI is InChI=1S/C22H25BrN2O4S/c1-30(27,28)13-15-3-2-4-17(11-15)25-14-24-12-16-5-10-20(23)22(21(16)25)29-19-8-6-18(26)7-9-19/h2-5,10-12,18-19,26H,6-9,13-14H2,1H3. The molecule has 0 bridgehead atoms. The molecule has 2 aromatic carbocycles. The van der Waals surface area contributed by atoms with Crippen molar-refractivity contribution in [3.63, 3.8) is 0 Å². The van der Waals surface area contributed by atoms with Crippen molar-refractivity contribution in [2.75, 3.05) is 17.8 Å². The molecule has 1 saturated carbocycles. The summed E-state index contributed by atoms with van der Waals surface area (Å²) in [5.74, 6) is 0.755. The van der Waals surface area contributed by atoms with Crippen LogP contribution in [0, 0.1) is 0 Å². The van der Waals surface area contributed by atoms with Gasteiger partial charge >= 0.3 is 0 Å². The number of ether oxygens (including phenoxy) is 1. The number of nitrogens with zero attached hydrogens (tertiary/aromatic N) is 2. The number of fused-ring (bicyclic) bond motifs is 1. The van der Waals surface area contributed by atoms with Gasteiger partial charge in [0.1, 0.15) is 6.67 Å². The first kappa shape index (κ1) is 21.3. The maximum atomic E-state index is 11.7. The van der Waals surface area contributed by atoms with Gasteiger partial charge in [-0.2, -0.15) is 0 Å². The Morgan fingerprint density at radius 2 is 1.97 bits per heavy atom. The Labute approximate surface area is 185 Å². The van der Waals surface area contributed by atoms with Crippen molar-refractivity contribution >= 4 is 43.4 Å². The number of halogens is 1. The number of hydrogen-bond acceptors (Lipinski definition) is 6. The van der Waals surface area contributed by atoms with Crippen LogP contribution in [-0.4, -0.2) is 44.9 Å². The van der Waals surface area contributed by atoms with Gasteiger partial charge in [-0.3, -0.25) is 4.99 Å². The zero-order valence-electron chi connectivity index (χ0n) is 16.8. The number of hydrogen-bond donors (Lipinski definition) is 1. The van der Waals surface area contributed by atoms with E-state index in [2.05, 4.69) is 25.8 Å². The van der Waals surface area contributed by atoms with Crippen molar-refractivity contribution in [3.05, 3.63) is 52.0 Å². The summed E-state index contributed by atoms with van der Waals surface area (Å²) >= 11 is 3.64. The first-order valence-electron chi connectivity index (χ1n) is 10.0. The van der Waals surface area contributed by atoms with Crippen molar-refractivity contribution in [2.45, 2.75) is 43.6 Å². The number of benzene rings is 2. The van der Waals surface area contributed by atoms with E-state index in [1.54, 1.807) is 0 Å². The summed E-state index contributed by atoms with van der Waals surface area (Å²) in [6, 6.07) is 11.5. The fourth-order valence-electron chi connectivity index (χ4n) is 4.01. The predicted molar refractivity (Wildman–Crippen MR) is 123 cm³/mol. The number of sulfone groups is 1. The Morgan fingerprint density at radius 1 is 1.20 bits per heavy atom. The normalized spacial score (nSPS) is 21.4. The average Bonchev–Trinajstić information content (AvgIpc) is 2.70. The third-order valence-electron chi connectivity index (χ3n) is 5.42. The zero-order chi connectivity index (χ0) is 21.3. The molecule has 8 heteroatoms. The molecule has 1 heterocycles. The summed E-state index contributed by atoms with van der Waals surface area (Å²) in [6.07, 6.45) is 6.02. The van der Waals surface area contributed by atoms with Gasteiger partial charge in [0.05, 0.1) is 28.1 Å². The molecular formula is C22H25BrN2O4S. The fraction of sp³-hybridized carbons (Fsp3) is 0.409. The van der Waals surface area contributed by atoms with Crippen LogP contribution < -0.4 is 9.64 Å². The summed E-state index contributed by atoms with van der Waals surface area (Å²) in [4.78, 5) is 6.54. The summed E-state index contributed by atoms with van der Waals surface area (Å²) < 4.78 is 30.8. The van der Waals surface area contributed by atoms with E-state index in [1.165, 1.54) is 6.26 Å². The van der Waals surface area contributed by atoms with Gasteiger partial charge in [0.2, 0.25) is 0 Å². The molecule has 160 valence electrons. The fourth-order valence-corrected chi connectivity index (χ4v) is 5.20. The highest BCUT2D eigenvalue weighted by molar-refractivity contribution is 9.10. The summed E-state index contributed by atoms with van der Waals surface area (Å²) in [5, 5.41) is 9.80. The molecule has 0 radical (unpaired) electrons. The van der Waals surface area contributed by atoms with E-state index < -0.39 is 9.84 Å². The van der Waals surface area contributed by atoms with E-state index in [4.69, 9.17) is 4.74 Å². The molecule has 2 aliphatic rings. The van der Waals surface area contributed by atoms with Crippen LogP contribution in [0.25, 0.3) is 0 Å². The molecule has 0 aromatic heterocycles. The molecule has 1 aliphatic carbocycles. The number of anilines is 2. The van der Waals surface area contributed by atoms with Crippen LogP contribution in [0.1, 0.15) is 36.8 Å². The SMILES string of the molecule is CS(=O)(=O)Cc1cccc(N2CN=Cc3ccc(Br)c(OC4CCC(O)CC4)c32)c1. The molecule has 1 N–H and O–H groups in total. The minimum absolute atomic E-state index is 0.00293. The number of aliphatic hydroxyl groups is 1. The van der Waals surface area contributed by atoms with Gasteiger partial charge in [0.25, 0.3) is 0 Å². The summed E-state index contributed by atoms with van der Waals surface area (Å²) in [5.41, 5.74) is 3.48. The van der Waals surface area contributed by atoms with Gasteiger partial charge in [-0.15, -0.1) is 0 Å². The van der Waals surface area contributed by atoms with Gasteiger partial charge in [0.15, 0.2) is 15.6 Å². The monoisotopic (exact) mass is 492 g/mol. The second kappa shape index (κ2) is 8.69. The van der Waals surface area contributed by atoms with Crippen LogP contribution in [-0.2, 0) is 15.6 Å². The van der Waals surface area contributed by atoms with Gasteiger partial charge in [-0.25, -0.2) is 8.42 Å². The molecule has 1 aliphatic heterocycles. The molecule has 30 heavy (non-hydrogen) atoms. The van der Waals surface area contributed by atoms with Gasteiger partial charge in [-0.1, -0.05) is 12.1 Å². The molecular weight excluding hydrogens is 468 g/mol. The lowest BCUT2D eigenvalue weighted by atomic mass is 9.95. The van der Waals surface area contributed by atoms with Crippen LogP contribution in [0.4, 0.5) is 11.4 Å². The molecule has 0 atom stereocenters. The Bertz CT molecular complexity index is 1060. The van der Waals surface area contributed by atoms with Crippen LogP contribution in [0.5, 0.6) is 5.75 Å². The van der Waals surface area contributed by atoms with E-state index in [-0.39, 0.29) is 18.0 Å². The first-order valence-corrected chi connectivity index (χ1v) is 12.9. The smallest absolute Gasteiger partial charge is 0.158 e. The van der Waals surface area contributed by atoms with E-state index >= 15 is 0 Å². The highest BCUT2D eigenvalue weighted by atomic mass is 79.9. The molecule has 4 rings (SSSR count). The number of rotatable bonds is 5. The molecule has 0 spiro atoms. The van der Waals surface area contributed by atoms with E-state index in [0.29, 0.717) is 6.67 Å². The zero-order valence-corrected chi connectivity index (χ0v) is 19.2.